The first-order chi connectivity index (χ1) is 6.77. The Bertz CT molecular complexity index is 316. The van der Waals surface area contributed by atoms with Crippen LogP contribution in [-0.2, 0) is 4.74 Å². The Morgan fingerprint density at radius 2 is 2.36 bits per heavy atom. The van der Waals surface area contributed by atoms with Crippen molar-refractivity contribution < 1.29 is 9.13 Å². The average molecular weight is 195 g/mol. The van der Waals surface area contributed by atoms with Crippen LogP contribution in [-0.4, -0.2) is 19.2 Å². The zero-order chi connectivity index (χ0) is 9.97. The third kappa shape index (κ3) is 1.94. The molecule has 1 aliphatic heterocycles. The summed E-state index contributed by atoms with van der Waals surface area (Å²) in [5.41, 5.74) is 0.907. The van der Waals surface area contributed by atoms with Gasteiger partial charge in [0.25, 0.3) is 0 Å². The minimum absolute atomic E-state index is 0.0283. The van der Waals surface area contributed by atoms with Crippen molar-refractivity contribution in [3.8, 4) is 0 Å². The molecule has 0 saturated carbocycles. The lowest BCUT2D eigenvalue weighted by atomic mass is 10.0. The molecule has 1 heterocycles. The van der Waals surface area contributed by atoms with Crippen LogP contribution in [0, 0.1) is 5.82 Å². The lowest BCUT2D eigenvalue weighted by molar-refractivity contribution is -0.000381. The fourth-order valence-corrected chi connectivity index (χ4v) is 1.79. The molecular formula is C11H14FNO. The Hall–Kier alpha value is -0.930. The maximum Gasteiger partial charge on any atom is 0.123 e. The highest BCUT2D eigenvalue weighted by molar-refractivity contribution is 5.20. The number of morpholine rings is 1. The van der Waals surface area contributed by atoms with E-state index in [4.69, 9.17) is 4.74 Å². The highest BCUT2D eigenvalue weighted by Crippen LogP contribution is 2.23. The molecule has 2 atom stereocenters. The molecule has 1 aliphatic rings. The lowest BCUT2D eigenvalue weighted by Crippen LogP contribution is -2.41. The maximum atomic E-state index is 13.0. The van der Waals surface area contributed by atoms with Gasteiger partial charge in [0.15, 0.2) is 0 Å². The normalized spacial score (nSPS) is 27.6. The third-order valence-corrected chi connectivity index (χ3v) is 2.50. The summed E-state index contributed by atoms with van der Waals surface area (Å²) in [5.74, 6) is -0.205. The first-order valence-corrected chi connectivity index (χ1v) is 4.88. The number of nitrogens with one attached hydrogen (secondary N) is 1. The van der Waals surface area contributed by atoms with E-state index < -0.39 is 0 Å². The standard InChI is InChI=1S/C11H14FNO/c1-8-11(14-6-5-13-8)9-3-2-4-10(12)7-9/h2-4,7-8,11,13H,5-6H2,1H3/t8-,11?/m1/s1. The summed E-state index contributed by atoms with van der Waals surface area (Å²) >= 11 is 0. The van der Waals surface area contributed by atoms with Crippen molar-refractivity contribution in [2.45, 2.75) is 19.1 Å². The number of ether oxygens (including phenoxy) is 1. The summed E-state index contributed by atoms with van der Waals surface area (Å²) < 4.78 is 18.6. The monoisotopic (exact) mass is 195 g/mol. The van der Waals surface area contributed by atoms with Crippen molar-refractivity contribution in [2.24, 2.45) is 0 Å². The molecule has 76 valence electrons. The number of benzene rings is 1. The van der Waals surface area contributed by atoms with Gasteiger partial charge in [0, 0.05) is 12.6 Å². The van der Waals surface area contributed by atoms with E-state index in [9.17, 15) is 4.39 Å². The zero-order valence-corrected chi connectivity index (χ0v) is 8.16. The van der Waals surface area contributed by atoms with Crippen LogP contribution in [0.1, 0.15) is 18.6 Å². The van der Waals surface area contributed by atoms with Crippen molar-refractivity contribution in [1.29, 1.82) is 0 Å². The summed E-state index contributed by atoms with van der Waals surface area (Å²) in [6.45, 7) is 3.60. The zero-order valence-electron chi connectivity index (χ0n) is 8.16. The van der Waals surface area contributed by atoms with Crippen molar-refractivity contribution >= 4 is 0 Å². The van der Waals surface area contributed by atoms with E-state index in [1.807, 2.05) is 6.07 Å². The predicted molar refractivity (Wildman–Crippen MR) is 52.6 cm³/mol. The first kappa shape index (κ1) is 9.62. The number of hydrogen-bond acceptors (Lipinski definition) is 2. The second-order valence-corrected chi connectivity index (χ2v) is 3.59. The fourth-order valence-electron chi connectivity index (χ4n) is 1.79. The summed E-state index contributed by atoms with van der Waals surface area (Å²) in [7, 11) is 0. The smallest absolute Gasteiger partial charge is 0.123 e. The molecule has 1 fully saturated rings. The van der Waals surface area contributed by atoms with Gasteiger partial charge in [-0.2, -0.15) is 0 Å². The largest absolute Gasteiger partial charge is 0.371 e. The van der Waals surface area contributed by atoms with Crippen LogP contribution in [0.25, 0.3) is 0 Å². The molecule has 0 amide bonds. The Balaban J connectivity index is 2.20. The molecule has 0 aliphatic carbocycles. The van der Waals surface area contributed by atoms with Crippen LogP contribution in [0.5, 0.6) is 0 Å². The molecule has 1 unspecified atom stereocenters. The summed E-state index contributed by atoms with van der Waals surface area (Å²) in [6.07, 6.45) is -0.0283. The lowest BCUT2D eigenvalue weighted by Gasteiger charge is -2.30. The predicted octanol–water partition coefficient (Wildman–Crippen LogP) is 1.88. The second-order valence-electron chi connectivity index (χ2n) is 3.59. The van der Waals surface area contributed by atoms with Crippen LogP contribution in [0.3, 0.4) is 0 Å². The Morgan fingerprint density at radius 1 is 1.50 bits per heavy atom. The number of rotatable bonds is 1. The van der Waals surface area contributed by atoms with Crippen molar-refractivity contribution in [3.63, 3.8) is 0 Å². The van der Waals surface area contributed by atoms with E-state index in [0.29, 0.717) is 6.61 Å². The molecule has 0 radical (unpaired) electrons. The molecule has 1 aromatic carbocycles. The van der Waals surface area contributed by atoms with Gasteiger partial charge in [-0.05, 0) is 24.6 Å². The van der Waals surface area contributed by atoms with Crippen molar-refractivity contribution in [3.05, 3.63) is 35.6 Å². The highest BCUT2D eigenvalue weighted by Gasteiger charge is 2.23. The minimum Gasteiger partial charge on any atom is -0.371 e. The second kappa shape index (κ2) is 4.07. The van der Waals surface area contributed by atoms with Gasteiger partial charge in [0.2, 0.25) is 0 Å². The van der Waals surface area contributed by atoms with Crippen molar-refractivity contribution in [1.82, 2.24) is 5.32 Å². The van der Waals surface area contributed by atoms with Gasteiger partial charge >= 0.3 is 0 Å². The molecule has 1 N–H and O–H groups in total. The average Bonchev–Trinajstić information content (AvgIpc) is 2.18. The molecule has 1 aromatic rings. The van der Waals surface area contributed by atoms with Crippen LogP contribution in [0.4, 0.5) is 4.39 Å². The molecular weight excluding hydrogens is 181 g/mol. The Labute approximate surface area is 83.1 Å². The van der Waals surface area contributed by atoms with E-state index in [0.717, 1.165) is 12.1 Å². The van der Waals surface area contributed by atoms with Gasteiger partial charge in [-0.25, -0.2) is 4.39 Å². The third-order valence-electron chi connectivity index (χ3n) is 2.50. The van der Waals surface area contributed by atoms with Gasteiger partial charge in [0.05, 0.1) is 12.7 Å². The van der Waals surface area contributed by atoms with Crippen molar-refractivity contribution in [2.75, 3.05) is 13.2 Å². The molecule has 1 saturated heterocycles. The van der Waals surface area contributed by atoms with Gasteiger partial charge in [-0.1, -0.05) is 12.1 Å². The molecule has 3 heteroatoms. The van der Waals surface area contributed by atoms with E-state index in [-0.39, 0.29) is 18.0 Å². The molecule has 2 nitrogen and oxygen atoms in total. The van der Waals surface area contributed by atoms with Crippen LogP contribution >= 0.6 is 0 Å². The van der Waals surface area contributed by atoms with E-state index >= 15 is 0 Å². The van der Waals surface area contributed by atoms with Crippen LogP contribution in [0.2, 0.25) is 0 Å². The first-order valence-electron chi connectivity index (χ1n) is 4.88. The minimum atomic E-state index is -0.205. The topological polar surface area (TPSA) is 21.3 Å². The van der Waals surface area contributed by atoms with Crippen LogP contribution in [0.15, 0.2) is 24.3 Å². The summed E-state index contributed by atoms with van der Waals surface area (Å²) in [6, 6.07) is 6.84. The summed E-state index contributed by atoms with van der Waals surface area (Å²) in [5, 5.41) is 3.30. The highest BCUT2D eigenvalue weighted by atomic mass is 19.1. The fraction of sp³-hybridized carbons (Fsp3) is 0.455. The van der Waals surface area contributed by atoms with Gasteiger partial charge < -0.3 is 10.1 Å². The maximum absolute atomic E-state index is 13.0. The Kier molecular flexibility index (Phi) is 2.79. The van der Waals surface area contributed by atoms with Gasteiger partial charge in [0.1, 0.15) is 5.82 Å². The molecule has 2 rings (SSSR count). The molecule has 0 bridgehead atoms. The van der Waals surface area contributed by atoms with E-state index in [1.165, 1.54) is 12.1 Å². The van der Waals surface area contributed by atoms with Gasteiger partial charge in [-0.15, -0.1) is 0 Å². The molecule has 14 heavy (non-hydrogen) atoms. The summed E-state index contributed by atoms with van der Waals surface area (Å²) in [4.78, 5) is 0. The number of hydrogen-bond donors (Lipinski definition) is 1. The van der Waals surface area contributed by atoms with E-state index in [2.05, 4.69) is 12.2 Å². The van der Waals surface area contributed by atoms with Crippen LogP contribution < -0.4 is 5.32 Å². The quantitative estimate of drug-likeness (QED) is 0.738. The van der Waals surface area contributed by atoms with E-state index in [1.54, 1.807) is 6.07 Å². The molecule has 0 aromatic heterocycles. The van der Waals surface area contributed by atoms with Gasteiger partial charge in [-0.3, -0.25) is 0 Å². The number of halogens is 1. The Morgan fingerprint density at radius 3 is 3.07 bits per heavy atom. The molecule has 0 spiro atoms. The SMILES string of the molecule is C[C@H]1NCCOC1c1cccc(F)c1.